The minimum absolute atomic E-state index is 0.124. The lowest BCUT2D eigenvalue weighted by atomic mass is 10.2. The van der Waals surface area contributed by atoms with Crippen LogP contribution in [0.3, 0.4) is 0 Å². The third-order valence-corrected chi connectivity index (χ3v) is 7.93. The first kappa shape index (κ1) is 22.6. The van der Waals surface area contributed by atoms with E-state index in [-0.39, 0.29) is 21.7 Å². The van der Waals surface area contributed by atoms with Crippen molar-refractivity contribution >= 4 is 37.3 Å². The lowest BCUT2D eigenvalue weighted by Gasteiger charge is -2.36. The number of sulfone groups is 1. The van der Waals surface area contributed by atoms with E-state index in [0.717, 1.165) is 10.2 Å². The van der Waals surface area contributed by atoms with Crippen molar-refractivity contribution in [2.24, 2.45) is 0 Å². The molecule has 5 rings (SSSR count). The van der Waals surface area contributed by atoms with Crippen molar-refractivity contribution in [3.63, 3.8) is 0 Å². The summed E-state index contributed by atoms with van der Waals surface area (Å²) in [5, 5.41) is -0.137. The molecule has 0 N–H and O–H groups in total. The molecule has 0 aliphatic carbocycles. The second kappa shape index (κ2) is 9.23. The molecule has 0 amide bonds. The van der Waals surface area contributed by atoms with Crippen LogP contribution in [0.15, 0.2) is 97.7 Å². The number of anilines is 2. The topological polar surface area (TPSA) is 66.7 Å². The van der Waals surface area contributed by atoms with Gasteiger partial charge in [-0.05, 0) is 60.7 Å². The second-order valence-corrected chi connectivity index (χ2v) is 10.7. The molecule has 1 aliphatic heterocycles. The van der Waals surface area contributed by atoms with Crippen LogP contribution in [0.4, 0.5) is 16.0 Å². The Morgan fingerprint density at radius 3 is 2.09 bits per heavy atom. The van der Waals surface area contributed by atoms with Crippen LogP contribution in [-0.2, 0) is 9.84 Å². The van der Waals surface area contributed by atoms with Crippen molar-refractivity contribution in [3.8, 4) is 11.5 Å². The molecule has 174 valence electrons. The van der Waals surface area contributed by atoms with E-state index in [2.05, 4.69) is 37.9 Å². The molecule has 0 bridgehead atoms. The van der Waals surface area contributed by atoms with Gasteiger partial charge in [0.05, 0.1) is 4.90 Å². The van der Waals surface area contributed by atoms with E-state index in [1.54, 1.807) is 12.1 Å². The number of aromatic nitrogens is 1. The van der Waals surface area contributed by atoms with E-state index in [1.807, 2.05) is 23.1 Å². The quantitative estimate of drug-likeness (QED) is 0.337. The van der Waals surface area contributed by atoms with Crippen LogP contribution in [0.2, 0.25) is 0 Å². The Labute approximate surface area is 205 Å². The zero-order valence-electron chi connectivity index (χ0n) is 18.1. The average Bonchev–Trinajstić information content (AvgIpc) is 3.32. The molecule has 1 aromatic heterocycles. The van der Waals surface area contributed by atoms with E-state index in [4.69, 9.17) is 4.42 Å². The van der Waals surface area contributed by atoms with Crippen LogP contribution in [0.25, 0.3) is 11.5 Å². The highest BCUT2D eigenvalue weighted by molar-refractivity contribution is 9.10. The van der Waals surface area contributed by atoms with Gasteiger partial charge >= 0.3 is 0 Å². The van der Waals surface area contributed by atoms with Crippen molar-refractivity contribution < 1.29 is 17.2 Å². The Morgan fingerprint density at radius 2 is 1.44 bits per heavy atom. The van der Waals surface area contributed by atoms with Gasteiger partial charge in [-0.3, -0.25) is 0 Å². The summed E-state index contributed by atoms with van der Waals surface area (Å²) in [5.41, 5.74) is 1.62. The summed E-state index contributed by atoms with van der Waals surface area (Å²) in [6.07, 6.45) is 0. The smallest absolute Gasteiger partial charge is 0.236 e. The summed E-state index contributed by atoms with van der Waals surface area (Å²) >= 11 is 3.34. The molecule has 0 radical (unpaired) electrons. The standard InChI is InChI=1S/C25H21BrFN3O3S/c26-19-8-12-22(13-9-19)34(31,32)24-25(33-23(28-24)18-6-10-20(27)11-7-18)30-16-14-29(15-17-30)21-4-2-1-3-5-21/h1-13H,14-17H2. The van der Waals surface area contributed by atoms with Gasteiger partial charge < -0.3 is 14.2 Å². The predicted octanol–water partition coefficient (Wildman–Crippen LogP) is 5.40. The third kappa shape index (κ3) is 4.45. The van der Waals surface area contributed by atoms with Gasteiger partial charge in [-0.1, -0.05) is 34.1 Å². The van der Waals surface area contributed by atoms with Gasteiger partial charge in [0, 0.05) is 41.9 Å². The lowest BCUT2D eigenvalue weighted by Crippen LogP contribution is -2.46. The van der Waals surface area contributed by atoms with Crippen molar-refractivity contribution in [2.45, 2.75) is 9.92 Å². The molecule has 1 aliphatic rings. The van der Waals surface area contributed by atoms with E-state index in [0.29, 0.717) is 31.7 Å². The van der Waals surface area contributed by atoms with Gasteiger partial charge in [0.25, 0.3) is 0 Å². The summed E-state index contributed by atoms with van der Waals surface area (Å²) in [4.78, 5) is 8.67. The molecule has 34 heavy (non-hydrogen) atoms. The molecule has 0 spiro atoms. The van der Waals surface area contributed by atoms with E-state index in [1.165, 1.54) is 36.4 Å². The Kier molecular flexibility index (Phi) is 6.14. The number of nitrogens with zero attached hydrogens (tertiary/aromatic N) is 3. The number of para-hydroxylation sites is 1. The monoisotopic (exact) mass is 541 g/mol. The number of rotatable bonds is 5. The lowest BCUT2D eigenvalue weighted by molar-refractivity contribution is 0.525. The number of oxazole rings is 1. The van der Waals surface area contributed by atoms with Gasteiger partial charge in [0.1, 0.15) is 5.82 Å². The first-order chi connectivity index (χ1) is 16.4. The largest absolute Gasteiger partial charge is 0.419 e. The summed E-state index contributed by atoms with van der Waals surface area (Å²) < 4.78 is 47.4. The summed E-state index contributed by atoms with van der Waals surface area (Å²) in [6.45, 7) is 2.54. The Morgan fingerprint density at radius 1 is 0.824 bits per heavy atom. The van der Waals surface area contributed by atoms with Crippen LogP contribution in [-0.4, -0.2) is 39.6 Å². The number of hydrogen-bond donors (Lipinski definition) is 0. The Hall–Kier alpha value is -3.17. The molecule has 6 nitrogen and oxygen atoms in total. The van der Waals surface area contributed by atoms with Crippen molar-refractivity contribution in [1.82, 2.24) is 4.98 Å². The summed E-state index contributed by atoms with van der Waals surface area (Å²) in [6, 6.07) is 22.1. The molecule has 4 aromatic rings. The Bertz CT molecular complexity index is 1380. The van der Waals surface area contributed by atoms with Gasteiger partial charge in [0.15, 0.2) is 0 Å². The highest BCUT2D eigenvalue weighted by Crippen LogP contribution is 2.35. The van der Waals surface area contributed by atoms with Crippen molar-refractivity contribution in [1.29, 1.82) is 0 Å². The van der Waals surface area contributed by atoms with Crippen molar-refractivity contribution in [2.75, 3.05) is 36.0 Å². The van der Waals surface area contributed by atoms with Crippen LogP contribution in [0, 0.1) is 5.82 Å². The number of hydrogen-bond acceptors (Lipinski definition) is 6. The molecular formula is C25H21BrFN3O3S. The number of benzene rings is 3. The molecule has 1 fully saturated rings. The first-order valence-corrected chi connectivity index (χ1v) is 13.0. The number of halogens is 2. The fraction of sp³-hybridized carbons (Fsp3) is 0.160. The third-order valence-electron chi connectivity index (χ3n) is 5.74. The molecule has 1 saturated heterocycles. The highest BCUT2D eigenvalue weighted by Gasteiger charge is 2.33. The molecule has 9 heteroatoms. The van der Waals surface area contributed by atoms with E-state index >= 15 is 0 Å². The second-order valence-electron chi connectivity index (χ2n) is 7.90. The van der Waals surface area contributed by atoms with Gasteiger partial charge in [-0.25, -0.2) is 12.8 Å². The number of piperazine rings is 1. The molecule has 0 unspecified atom stereocenters. The first-order valence-electron chi connectivity index (χ1n) is 10.7. The maximum Gasteiger partial charge on any atom is 0.236 e. The van der Waals surface area contributed by atoms with Gasteiger partial charge in [-0.2, -0.15) is 4.98 Å². The minimum atomic E-state index is -3.95. The predicted molar refractivity (Wildman–Crippen MR) is 132 cm³/mol. The fourth-order valence-electron chi connectivity index (χ4n) is 3.92. The van der Waals surface area contributed by atoms with Crippen LogP contribution in [0.5, 0.6) is 0 Å². The molecule has 2 heterocycles. The maximum atomic E-state index is 13.6. The van der Waals surface area contributed by atoms with Crippen LogP contribution >= 0.6 is 15.9 Å². The minimum Gasteiger partial charge on any atom is -0.419 e. The molecular weight excluding hydrogens is 521 g/mol. The average molecular weight is 542 g/mol. The summed E-state index contributed by atoms with van der Waals surface area (Å²) in [5.74, 6) is -0.0543. The normalized spacial score (nSPS) is 14.4. The molecule has 0 atom stereocenters. The zero-order valence-corrected chi connectivity index (χ0v) is 20.5. The SMILES string of the molecule is O=S(=O)(c1ccc(Br)cc1)c1nc(-c2ccc(F)cc2)oc1N1CCN(c2ccccc2)CC1. The van der Waals surface area contributed by atoms with E-state index in [9.17, 15) is 12.8 Å². The van der Waals surface area contributed by atoms with Crippen LogP contribution in [0.1, 0.15) is 0 Å². The molecule has 0 saturated carbocycles. The molecule has 3 aromatic carbocycles. The van der Waals surface area contributed by atoms with E-state index < -0.39 is 15.7 Å². The fourth-order valence-corrected chi connectivity index (χ4v) is 5.51. The van der Waals surface area contributed by atoms with Gasteiger partial charge in [0.2, 0.25) is 26.6 Å². The Balaban J connectivity index is 1.52. The highest BCUT2D eigenvalue weighted by atomic mass is 79.9. The van der Waals surface area contributed by atoms with Crippen molar-refractivity contribution in [3.05, 3.63) is 89.2 Å². The van der Waals surface area contributed by atoms with Gasteiger partial charge in [-0.15, -0.1) is 0 Å². The van der Waals surface area contributed by atoms with Crippen LogP contribution < -0.4 is 9.80 Å². The summed E-state index contributed by atoms with van der Waals surface area (Å²) in [7, 11) is -3.95. The maximum absolute atomic E-state index is 13.6. The zero-order chi connectivity index (χ0) is 23.7.